The molecule has 7 nitrogen and oxygen atoms in total. The summed E-state index contributed by atoms with van der Waals surface area (Å²) in [6, 6.07) is 8.53. The Bertz CT molecular complexity index is 680. The second kappa shape index (κ2) is 11.2. The van der Waals surface area contributed by atoms with Crippen molar-refractivity contribution < 1.29 is 9.53 Å². The van der Waals surface area contributed by atoms with Crippen molar-refractivity contribution in [1.29, 1.82) is 0 Å². The highest BCUT2D eigenvalue weighted by atomic mass is 16.5. The van der Waals surface area contributed by atoms with Crippen molar-refractivity contribution in [3.63, 3.8) is 0 Å². The summed E-state index contributed by atoms with van der Waals surface area (Å²) in [4.78, 5) is 23.9. The Hall–Kier alpha value is -2.12. The lowest BCUT2D eigenvalue weighted by atomic mass is 10.1. The number of guanidine groups is 1. The number of aryl methyl sites for hydroxylation is 1. The second-order valence-corrected chi connectivity index (χ2v) is 7.55. The lowest BCUT2D eigenvalue weighted by Crippen LogP contribution is -2.54. The normalized spacial score (nSPS) is 18.8. The van der Waals surface area contributed by atoms with Crippen molar-refractivity contribution in [2.75, 3.05) is 65.6 Å². The summed E-state index contributed by atoms with van der Waals surface area (Å²) in [5.41, 5.74) is 2.65. The first-order valence-corrected chi connectivity index (χ1v) is 10.9. The number of hydrogen-bond donors (Lipinski definition) is 1. The van der Waals surface area contributed by atoms with Crippen LogP contribution in [0.5, 0.6) is 0 Å². The zero-order chi connectivity index (χ0) is 20.5. The Morgan fingerprint density at radius 1 is 1.00 bits per heavy atom. The molecule has 0 bridgehead atoms. The number of carbonyl (C=O) groups excluding carboxylic acids is 1. The van der Waals surface area contributed by atoms with Crippen LogP contribution in [0.1, 0.15) is 25.0 Å². The zero-order valence-corrected chi connectivity index (χ0v) is 17.9. The largest absolute Gasteiger partial charge is 0.378 e. The van der Waals surface area contributed by atoms with Gasteiger partial charge in [-0.3, -0.25) is 9.69 Å². The molecule has 7 heteroatoms. The van der Waals surface area contributed by atoms with E-state index in [1.165, 1.54) is 11.1 Å². The highest BCUT2D eigenvalue weighted by molar-refractivity contribution is 5.80. The minimum atomic E-state index is 0.221. The van der Waals surface area contributed by atoms with Crippen LogP contribution in [-0.4, -0.2) is 92.1 Å². The number of amides is 1. The molecule has 2 aliphatic rings. The molecule has 1 amide bonds. The Balaban J connectivity index is 1.53. The molecule has 2 fully saturated rings. The molecule has 0 aromatic heterocycles. The van der Waals surface area contributed by atoms with E-state index in [1.54, 1.807) is 0 Å². The fourth-order valence-electron chi connectivity index (χ4n) is 3.86. The van der Waals surface area contributed by atoms with Crippen molar-refractivity contribution in [3.05, 3.63) is 35.4 Å². The summed E-state index contributed by atoms with van der Waals surface area (Å²) in [5, 5.41) is 3.44. The molecule has 29 heavy (non-hydrogen) atoms. The molecule has 2 aliphatic heterocycles. The Morgan fingerprint density at radius 2 is 1.69 bits per heavy atom. The number of piperazine rings is 1. The average molecular weight is 402 g/mol. The number of nitrogens with one attached hydrogen (secondary N) is 1. The Labute approximate surface area is 174 Å². The van der Waals surface area contributed by atoms with Crippen LogP contribution in [0, 0.1) is 0 Å². The van der Waals surface area contributed by atoms with Crippen molar-refractivity contribution in [3.8, 4) is 0 Å². The number of morpholine rings is 1. The first-order chi connectivity index (χ1) is 14.2. The van der Waals surface area contributed by atoms with Crippen LogP contribution < -0.4 is 5.32 Å². The summed E-state index contributed by atoms with van der Waals surface area (Å²) in [5.74, 6) is 1.19. The molecular formula is C22H35N5O2. The van der Waals surface area contributed by atoms with Crippen molar-refractivity contribution >= 4 is 11.9 Å². The van der Waals surface area contributed by atoms with E-state index in [2.05, 4.69) is 53.2 Å². The first kappa shape index (κ1) is 21.6. The first-order valence-electron chi connectivity index (χ1n) is 10.9. The quantitative estimate of drug-likeness (QED) is 0.573. The SMILES string of the molecule is CCNC(=NCc1ccccc1CC)N1CCN(CC(=O)N2CCOCC2)CC1. The molecule has 2 heterocycles. The summed E-state index contributed by atoms with van der Waals surface area (Å²) < 4.78 is 5.34. The standard InChI is InChI=1S/C22H35N5O2/c1-3-19-7-5-6-8-20(19)17-24-22(23-4-2)27-11-9-25(10-12-27)18-21(28)26-13-15-29-16-14-26/h5-8H,3-4,9-18H2,1-2H3,(H,23,24). The molecule has 0 aliphatic carbocycles. The van der Waals surface area contributed by atoms with Crippen LogP contribution in [0.2, 0.25) is 0 Å². The monoisotopic (exact) mass is 401 g/mol. The molecule has 0 saturated carbocycles. The highest BCUT2D eigenvalue weighted by Crippen LogP contribution is 2.11. The Kier molecular flexibility index (Phi) is 8.31. The van der Waals surface area contributed by atoms with Crippen LogP contribution in [0.15, 0.2) is 29.3 Å². The van der Waals surface area contributed by atoms with Gasteiger partial charge in [-0.15, -0.1) is 0 Å². The van der Waals surface area contributed by atoms with Gasteiger partial charge in [0.1, 0.15) is 0 Å². The number of hydrogen-bond acceptors (Lipinski definition) is 4. The number of benzene rings is 1. The van der Waals surface area contributed by atoms with Crippen LogP contribution in [0.4, 0.5) is 0 Å². The van der Waals surface area contributed by atoms with Gasteiger partial charge in [0, 0.05) is 45.8 Å². The maximum atomic E-state index is 12.5. The lowest BCUT2D eigenvalue weighted by Gasteiger charge is -2.37. The van der Waals surface area contributed by atoms with Gasteiger partial charge >= 0.3 is 0 Å². The highest BCUT2D eigenvalue weighted by Gasteiger charge is 2.24. The minimum Gasteiger partial charge on any atom is -0.378 e. The molecule has 0 atom stereocenters. The topological polar surface area (TPSA) is 60.4 Å². The van der Waals surface area contributed by atoms with Crippen LogP contribution in [-0.2, 0) is 22.5 Å². The third kappa shape index (κ3) is 6.18. The van der Waals surface area contributed by atoms with Gasteiger partial charge in [-0.25, -0.2) is 4.99 Å². The second-order valence-electron chi connectivity index (χ2n) is 7.55. The fraction of sp³-hybridized carbons (Fsp3) is 0.636. The molecule has 0 spiro atoms. The summed E-state index contributed by atoms with van der Waals surface area (Å²) in [6.45, 7) is 12.6. The minimum absolute atomic E-state index is 0.221. The molecule has 1 aromatic carbocycles. The molecule has 3 rings (SSSR count). The number of rotatable bonds is 6. The third-order valence-corrected chi connectivity index (χ3v) is 5.63. The van der Waals surface area contributed by atoms with Gasteiger partial charge in [-0.05, 0) is 24.5 Å². The lowest BCUT2D eigenvalue weighted by molar-refractivity contribution is -0.136. The van der Waals surface area contributed by atoms with E-state index in [0.29, 0.717) is 26.3 Å². The van der Waals surface area contributed by atoms with Crippen molar-refractivity contribution in [1.82, 2.24) is 20.0 Å². The smallest absolute Gasteiger partial charge is 0.236 e. The van der Waals surface area contributed by atoms with Crippen molar-refractivity contribution in [2.24, 2.45) is 4.99 Å². The van der Waals surface area contributed by atoms with Gasteiger partial charge in [0.15, 0.2) is 5.96 Å². The van der Waals surface area contributed by atoms with Crippen molar-refractivity contribution in [2.45, 2.75) is 26.8 Å². The predicted molar refractivity (Wildman–Crippen MR) is 116 cm³/mol. The molecule has 0 unspecified atom stereocenters. The Morgan fingerprint density at radius 3 is 2.34 bits per heavy atom. The summed E-state index contributed by atoms with van der Waals surface area (Å²) in [7, 11) is 0. The van der Waals surface area contributed by atoms with Crippen LogP contribution in [0.3, 0.4) is 0 Å². The van der Waals surface area contributed by atoms with Gasteiger partial charge in [0.2, 0.25) is 5.91 Å². The maximum absolute atomic E-state index is 12.5. The van der Waals surface area contributed by atoms with E-state index >= 15 is 0 Å². The van der Waals surface area contributed by atoms with Crippen LogP contribution >= 0.6 is 0 Å². The van der Waals surface area contributed by atoms with Gasteiger partial charge in [-0.1, -0.05) is 31.2 Å². The van der Waals surface area contributed by atoms with E-state index in [-0.39, 0.29) is 5.91 Å². The predicted octanol–water partition coefficient (Wildman–Crippen LogP) is 1.19. The molecule has 0 radical (unpaired) electrons. The molecule has 2 saturated heterocycles. The van der Waals surface area contributed by atoms with Gasteiger partial charge in [0.25, 0.3) is 0 Å². The molecule has 1 aromatic rings. The van der Waals surface area contributed by atoms with Gasteiger partial charge in [-0.2, -0.15) is 0 Å². The van der Waals surface area contributed by atoms with E-state index in [9.17, 15) is 4.79 Å². The number of aliphatic imine (C=N–C) groups is 1. The summed E-state index contributed by atoms with van der Waals surface area (Å²) >= 11 is 0. The van der Waals surface area contributed by atoms with E-state index in [1.807, 2.05) is 4.90 Å². The number of nitrogens with zero attached hydrogens (tertiary/aromatic N) is 4. The van der Waals surface area contributed by atoms with E-state index in [0.717, 1.165) is 58.2 Å². The third-order valence-electron chi connectivity index (χ3n) is 5.63. The van der Waals surface area contributed by atoms with Gasteiger partial charge in [0.05, 0.1) is 26.3 Å². The number of carbonyl (C=O) groups is 1. The molecule has 1 N–H and O–H groups in total. The fourth-order valence-corrected chi connectivity index (χ4v) is 3.86. The molecular weight excluding hydrogens is 366 g/mol. The zero-order valence-electron chi connectivity index (χ0n) is 17.9. The number of ether oxygens (including phenoxy) is 1. The van der Waals surface area contributed by atoms with Gasteiger partial charge < -0.3 is 19.9 Å². The summed E-state index contributed by atoms with van der Waals surface area (Å²) in [6.07, 6.45) is 1.03. The molecule has 160 valence electrons. The van der Waals surface area contributed by atoms with Crippen LogP contribution in [0.25, 0.3) is 0 Å². The van der Waals surface area contributed by atoms with E-state index in [4.69, 9.17) is 9.73 Å². The maximum Gasteiger partial charge on any atom is 0.236 e. The van der Waals surface area contributed by atoms with E-state index < -0.39 is 0 Å². The average Bonchev–Trinajstić information content (AvgIpc) is 2.78.